The molecule has 1 heterocycles. The van der Waals surface area contributed by atoms with E-state index in [2.05, 4.69) is 4.99 Å². The van der Waals surface area contributed by atoms with Crippen molar-refractivity contribution in [3.05, 3.63) is 46.9 Å². The molecule has 1 aromatic rings. The number of rotatable bonds is 2. The topological polar surface area (TPSA) is 38.4 Å². The maximum atomic E-state index is 13.7. The van der Waals surface area contributed by atoms with E-state index < -0.39 is 23.8 Å². The van der Waals surface area contributed by atoms with Gasteiger partial charge in [0.15, 0.2) is 16.8 Å². The van der Waals surface area contributed by atoms with Crippen LogP contribution >= 0.6 is 11.8 Å². The number of amidine groups is 1. The summed E-state index contributed by atoms with van der Waals surface area (Å²) in [6.45, 7) is -0.981. The smallest absolute Gasteiger partial charge is 0.164 e. The first-order valence-corrected chi connectivity index (χ1v) is 5.67. The Morgan fingerprint density at radius 2 is 2.12 bits per heavy atom. The van der Waals surface area contributed by atoms with Gasteiger partial charge in [0.2, 0.25) is 0 Å². The summed E-state index contributed by atoms with van der Waals surface area (Å²) in [6.07, 6.45) is 1.38. The molecule has 0 radical (unpaired) electrons. The van der Waals surface area contributed by atoms with E-state index in [0.29, 0.717) is 0 Å². The van der Waals surface area contributed by atoms with Gasteiger partial charge >= 0.3 is 0 Å². The van der Waals surface area contributed by atoms with E-state index in [-0.39, 0.29) is 10.7 Å². The van der Waals surface area contributed by atoms with Gasteiger partial charge < -0.3 is 5.73 Å². The third kappa shape index (κ3) is 2.04. The average Bonchev–Trinajstić information content (AvgIpc) is 2.32. The molecule has 0 fully saturated rings. The molecule has 2 nitrogen and oxygen atoms in total. The Balaban J connectivity index is 2.59. The number of alkyl halides is 1. The molecule has 2 rings (SSSR count). The second kappa shape index (κ2) is 4.44. The first kappa shape index (κ1) is 12.0. The molecule has 0 amide bonds. The minimum Gasteiger partial charge on any atom is -0.378 e. The van der Waals surface area contributed by atoms with Crippen LogP contribution in [0.2, 0.25) is 0 Å². The molecule has 0 aromatic heterocycles. The fraction of sp³-hybridized carbons (Fsp3) is 0.182. The number of benzene rings is 1. The van der Waals surface area contributed by atoms with Crippen molar-refractivity contribution in [2.45, 2.75) is 5.54 Å². The summed E-state index contributed by atoms with van der Waals surface area (Å²) in [5.41, 5.74) is 3.78. The number of hydrogen-bond donors (Lipinski definition) is 1. The highest BCUT2D eigenvalue weighted by Crippen LogP contribution is 2.35. The van der Waals surface area contributed by atoms with Gasteiger partial charge in [0.25, 0.3) is 0 Å². The summed E-state index contributed by atoms with van der Waals surface area (Å²) in [5.74, 6) is -2.13. The van der Waals surface area contributed by atoms with E-state index in [4.69, 9.17) is 5.73 Å². The highest BCUT2D eigenvalue weighted by atomic mass is 32.2. The number of nitrogens with zero attached hydrogens (tertiary/aromatic N) is 1. The highest BCUT2D eigenvalue weighted by Gasteiger charge is 2.35. The zero-order valence-corrected chi connectivity index (χ0v) is 9.48. The summed E-state index contributed by atoms with van der Waals surface area (Å²) < 4.78 is 40.0. The van der Waals surface area contributed by atoms with Crippen molar-refractivity contribution in [3.8, 4) is 0 Å². The molecular formula is C11H9F3N2S. The van der Waals surface area contributed by atoms with Gasteiger partial charge in [-0.05, 0) is 17.6 Å². The quantitative estimate of drug-likeness (QED) is 0.885. The zero-order chi connectivity index (χ0) is 12.5. The number of thioether (sulfide) groups is 1. The molecule has 0 saturated heterocycles. The largest absolute Gasteiger partial charge is 0.378 e. The monoisotopic (exact) mass is 258 g/mol. The number of nitrogens with two attached hydrogens (primary N) is 1. The van der Waals surface area contributed by atoms with Gasteiger partial charge in [-0.3, -0.25) is 0 Å². The fourth-order valence-corrected chi connectivity index (χ4v) is 2.26. The molecule has 1 aliphatic rings. The van der Waals surface area contributed by atoms with E-state index in [1.807, 2.05) is 0 Å². The van der Waals surface area contributed by atoms with E-state index >= 15 is 0 Å². The third-order valence-electron chi connectivity index (χ3n) is 2.46. The molecule has 2 N–H and O–H groups in total. The van der Waals surface area contributed by atoms with Gasteiger partial charge in [0.05, 0.1) is 0 Å². The van der Waals surface area contributed by atoms with Crippen LogP contribution in [0, 0.1) is 11.6 Å². The molecule has 1 aromatic carbocycles. The number of aliphatic imine (C=N–C) groups is 1. The Hall–Kier alpha value is -1.43. The van der Waals surface area contributed by atoms with Gasteiger partial charge in [-0.15, -0.1) is 0 Å². The number of halogens is 3. The van der Waals surface area contributed by atoms with Crippen LogP contribution in [0.5, 0.6) is 0 Å². The van der Waals surface area contributed by atoms with Crippen LogP contribution in [0.1, 0.15) is 5.56 Å². The van der Waals surface area contributed by atoms with Crippen molar-refractivity contribution in [1.82, 2.24) is 0 Å². The van der Waals surface area contributed by atoms with Gasteiger partial charge in [0, 0.05) is 5.56 Å². The Morgan fingerprint density at radius 3 is 2.76 bits per heavy atom. The van der Waals surface area contributed by atoms with Crippen LogP contribution in [0.4, 0.5) is 13.2 Å². The van der Waals surface area contributed by atoms with E-state index in [0.717, 1.165) is 17.8 Å². The molecule has 1 unspecified atom stereocenters. The maximum absolute atomic E-state index is 13.7. The van der Waals surface area contributed by atoms with Crippen molar-refractivity contribution in [1.29, 1.82) is 0 Å². The Bertz CT molecular complexity index is 501. The fourth-order valence-electron chi connectivity index (χ4n) is 1.61. The lowest BCUT2D eigenvalue weighted by Gasteiger charge is -2.26. The minimum absolute atomic E-state index is 0.119. The Kier molecular flexibility index (Phi) is 3.15. The van der Waals surface area contributed by atoms with Crippen molar-refractivity contribution in [2.24, 2.45) is 10.7 Å². The van der Waals surface area contributed by atoms with E-state index in [1.165, 1.54) is 23.6 Å². The van der Waals surface area contributed by atoms with Crippen LogP contribution in [0.25, 0.3) is 0 Å². The summed E-state index contributed by atoms with van der Waals surface area (Å²) in [6, 6.07) is 3.58. The van der Waals surface area contributed by atoms with Gasteiger partial charge in [0.1, 0.15) is 12.2 Å². The summed E-state index contributed by atoms with van der Waals surface area (Å²) in [5, 5.41) is 1.64. The lowest BCUT2D eigenvalue weighted by molar-refractivity contribution is 0.355. The molecule has 17 heavy (non-hydrogen) atoms. The molecule has 0 spiro atoms. The first-order chi connectivity index (χ1) is 8.09. The average molecular weight is 258 g/mol. The summed E-state index contributed by atoms with van der Waals surface area (Å²) in [4.78, 5) is 3.89. The molecule has 90 valence electrons. The van der Waals surface area contributed by atoms with Crippen molar-refractivity contribution in [2.75, 3.05) is 6.67 Å². The van der Waals surface area contributed by atoms with Gasteiger partial charge in [-0.1, -0.05) is 23.9 Å². The highest BCUT2D eigenvalue weighted by molar-refractivity contribution is 8.16. The second-order valence-electron chi connectivity index (χ2n) is 3.53. The standard InChI is InChI=1S/C11H9F3N2S/c12-6-11(4-5-17-10(15)16-11)7-2-1-3-8(13)9(7)14/h1-5H,6H2,(H2,15,16). The van der Waals surface area contributed by atoms with Crippen molar-refractivity contribution >= 4 is 16.9 Å². The Labute approximate surface area is 100 Å². The van der Waals surface area contributed by atoms with E-state index in [1.54, 1.807) is 0 Å². The molecule has 1 aliphatic heterocycles. The van der Waals surface area contributed by atoms with Gasteiger partial charge in [-0.2, -0.15) is 0 Å². The van der Waals surface area contributed by atoms with Gasteiger partial charge in [-0.25, -0.2) is 18.2 Å². The predicted molar refractivity (Wildman–Crippen MR) is 62.4 cm³/mol. The van der Waals surface area contributed by atoms with Crippen LogP contribution in [-0.2, 0) is 5.54 Å². The second-order valence-corrected chi connectivity index (χ2v) is 4.46. The molecule has 1 atom stereocenters. The predicted octanol–water partition coefficient (Wildman–Crippen LogP) is 2.70. The maximum Gasteiger partial charge on any atom is 0.164 e. The van der Waals surface area contributed by atoms with Crippen LogP contribution in [-0.4, -0.2) is 11.8 Å². The summed E-state index contributed by atoms with van der Waals surface area (Å²) >= 11 is 1.10. The summed E-state index contributed by atoms with van der Waals surface area (Å²) in [7, 11) is 0. The lowest BCUT2D eigenvalue weighted by Crippen LogP contribution is -2.30. The molecule has 0 bridgehead atoms. The van der Waals surface area contributed by atoms with Crippen molar-refractivity contribution < 1.29 is 13.2 Å². The molecule has 0 saturated carbocycles. The van der Waals surface area contributed by atoms with Crippen molar-refractivity contribution in [3.63, 3.8) is 0 Å². The molecule has 0 aliphatic carbocycles. The third-order valence-corrected chi connectivity index (χ3v) is 3.07. The Morgan fingerprint density at radius 1 is 1.35 bits per heavy atom. The minimum atomic E-state index is -1.55. The van der Waals surface area contributed by atoms with E-state index in [9.17, 15) is 13.2 Å². The SMILES string of the molecule is NC1=NC(CF)(c2cccc(F)c2F)C=CS1. The number of hydrogen-bond acceptors (Lipinski definition) is 3. The lowest BCUT2D eigenvalue weighted by atomic mass is 9.91. The molecular weight excluding hydrogens is 249 g/mol. The van der Waals surface area contributed by atoms with Crippen LogP contribution in [0.3, 0.4) is 0 Å². The zero-order valence-electron chi connectivity index (χ0n) is 8.66. The van der Waals surface area contributed by atoms with Crippen LogP contribution in [0.15, 0.2) is 34.7 Å². The normalized spacial score (nSPS) is 23.6. The van der Waals surface area contributed by atoms with Crippen LogP contribution < -0.4 is 5.73 Å². The molecule has 6 heteroatoms. The first-order valence-electron chi connectivity index (χ1n) is 4.79.